The van der Waals surface area contributed by atoms with Crippen LogP contribution in [0.15, 0.2) is 18.2 Å². The Labute approximate surface area is 111 Å². The Balaban J connectivity index is 2.56. The first-order chi connectivity index (χ1) is 8.69. The van der Waals surface area contributed by atoms with E-state index in [1.165, 1.54) is 23.2 Å². The molecular formula is C15H26N2O. The van der Waals surface area contributed by atoms with E-state index in [4.69, 9.17) is 4.74 Å². The van der Waals surface area contributed by atoms with E-state index in [1.807, 2.05) is 0 Å². The Bertz CT molecular complexity index is 352. The molecule has 0 aliphatic rings. The van der Waals surface area contributed by atoms with E-state index >= 15 is 0 Å². The second-order valence-corrected chi connectivity index (χ2v) is 4.71. The molecule has 102 valence electrons. The zero-order valence-electron chi connectivity index (χ0n) is 12.1. The average Bonchev–Trinajstić information content (AvgIpc) is 2.35. The van der Waals surface area contributed by atoms with Crippen molar-refractivity contribution < 1.29 is 4.74 Å². The molecule has 1 aromatic rings. The lowest BCUT2D eigenvalue weighted by molar-refractivity contribution is 0.199. The van der Waals surface area contributed by atoms with Crippen molar-refractivity contribution in [3.8, 4) is 0 Å². The third kappa shape index (κ3) is 4.67. The molecule has 1 aromatic carbocycles. The normalized spacial score (nSPS) is 10.7. The van der Waals surface area contributed by atoms with Crippen molar-refractivity contribution in [1.82, 2.24) is 5.32 Å². The highest BCUT2D eigenvalue weighted by Gasteiger charge is 2.04. The summed E-state index contributed by atoms with van der Waals surface area (Å²) in [4.78, 5) is 2.32. The average molecular weight is 250 g/mol. The van der Waals surface area contributed by atoms with Crippen LogP contribution in [0.1, 0.15) is 24.5 Å². The lowest BCUT2D eigenvalue weighted by atomic mass is 10.1. The molecule has 0 amide bonds. The van der Waals surface area contributed by atoms with Crippen LogP contribution >= 0.6 is 0 Å². The maximum absolute atomic E-state index is 5.01. The largest absolute Gasteiger partial charge is 0.383 e. The molecule has 0 unspecified atom stereocenters. The number of hydrogen-bond donors (Lipinski definition) is 1. The lowest BCUT2D eigenvalue weighted by Gasteiger charge is -2.21. The molecule has 3 nitrogen and oxygen atoms in total. The van der Waals surface area contributed by atoms with Gasteiger partial charge in [-0.05, 0) is 30.5 Å². The molecule has 3 heteroatoms. The smallest absolute Gasteiger partial charge is 0.0587 e. The fourth-order valence-corrected chi connectivity index (χ4v) is 2.12. The van der Waals surface area contributed by atoms with Crippen molar-refractivity contribution in [2.75, 3.05) is 38.8 Å². The monoisotopic (exact) mass is 250 g/mol. The Hall–Kier alpha value is -1.06. The zero-order chi connectivity index (χ0) is 13.4. The van der Waals surface area contributed by atoms with Gasteiger partial charge in [-0.25, -0.2) is 0 Å². The Kier molecular flexibility index (Phi) is 6.76. The van der Waals surface area contributed by atoms with Gasteiger partial charge in [-0.15, -0.1) is 0 Å². The molecule has 0 aliphatic heterocycles. The summed E-state index contributed by atoms with van der Waals surface area (Å²) < 4.78 is 5.01. The van der Waals surface area contributed by atoms with Crippen molar-refractivity contribution in [2.24, 2.45) is 0 Å². The molecule has 0 saturated heterocycles. The quantitative estimate of drug-likeness (QED) is 0.718. The van der Waals surface area contributed by atoms with E-state index in [2.05, 4.69) is 49.3 Å². The van der Waals surface area contributed by atoms with Crippen molar-refractivity contribution in [1.29, 1.82) is 0 Å². The Morgan fingerprint density at radius 1 is 1.33 bits per heavy atom. The number of rotatable bonds is 8. The maximum atomic E-state index is 5.01. The van der Waals surface area contributed by atoms with Crippen LogP contribution in [0, 0.1) is 6.92 Å². The van der Waals surface area contributed by atoms with Gasteiger partial charge in [0.25, 0.3) is 0 Å². The Morgan fingerprint density at radius 2 is 2.11 bits per heavy atom. The second kappa shape index (κ2) is 8.11. The van der Waals surface area contributed by atoms with Crippen LogP contribution < -0.4 is 10.2 Å². The van der Waals surface area contributed by atoms with Crippen molar-refractivity contribution in [2.45, 2.75) is 26.8 Å². The minimum atomic E-state index is 0.760. The number of ether oxygens (including phenoxy) is 1. The highest BCUT2D eigenvalue weighted by molar-refractivity contribution is 5.53. The minimum Gasteiger partial charge on any atom is -0.383 e. The summed E-state index contributed by atoms with van der Waals surface area (Å²) in [5.41, 5.74) is 4.01. The highest BCUT2D eigenvalue weighted by atomic mass is 16.5. The molecule has 0 atom stereocenters. The molecule has 0 bridgehead atoms. The van der Waals surface area contributed by atoms with Crippen molar-refractivity contribution in [3.05, 3.63) is 29.3 Å². The summed E-state index contributed by atoms with van der Waals surface area (Å²) in [5.74, 6) is 0. The number of anilines is 1. The maximum Gasteiger partial charge on any atom is 0.0587 e. The van der Waals surface area contributed by atoms with E-state index < -0.39 is 0 Å². The molecule has 0 spiro atoms. The summed E-state index contributed by atoms with van der Waals surface area (Å²) >= 11 is 0. The van der Waals surface area contributed by atoms with Gasteiger partial charge in [-0.3, -0.25) is 0 Å². The van der Waals surface area contributed by atoms with Gasteiger partial charge in [0.1, 0.15) is 0 Å². The first-order valence-corrected chi connectivity index (χ1v) is 6.69. The van der Waals surface area contributed by atoms with Crippen LogP contribution in [-0.4, -0.2) is 33.9 Å². The summed E-state index contributed by atoms with van der Waals surface area (Å²) in [5, 5.41) is 3.37. The molecule has 0 radical (unpaired) electrons. The molecule has 18 heavy (non-hydrogen) atoms. The highest BCUT2D eigenvalue weighted by Crippen LogP contribution is 2.20. The Morgan fingerprint density at radius 3 is 2.72 bits per heavy atom. The van der Waals surface area contributed by atoms with Gasteiger partial charge in [0, 0.05) is 39.5 Å². The third-order valence-corrected chi connectivity index (χ3v) is 3.04. The summed E-state index contributed by atoms with van der Waals surface area (Å²) in [6.07, 6.45) is 1.18. The first-order valence-electron chi connectivity index (χ1n) is 6.69. The molecule has 0 aliphatic carbocycles. The van der Waals surface area contributed by atoms with Crippen LogP contribution in [-0.2, 0) is 11.3 Å². The number of nitrogens with zero attached hydrogens (tertiary/aromatic N) is 1. The first kappa shape index (κ1) is 15.0. The number of hydrogen-bond acceptors (Lipinski definition) is 3. The summed E-state index contributed by atoms with van der Waals surface area (Å²) in [6.45, 7) is 8.05. The number of benzene rings is 1. The van der Waals surface area contributed by atoms with E-state index in [0.717, 1.165) is 26.2 Å². The number of nitrogens with one attached hydrogen (secondary N) is 1. The molecule has 0 saturated carbocycles. The van der Waals surface area contributed by atoms with Crippen LogP contribution in [0.4, 0.5) is 5.69 Å². The van der Waals surface area contributed by atoms with Crippen molar-refractivity contribution in [3.63, 3.8) is 0 Å². The third-order valence-electron chi connectivity index (χ3n) is 3.04. The van der Waals surface area contributed by atoms with Gasteiger partial charge >= 0.3 is 0 Å². The second-order valence-electron chi connectivity index (χ2n) is 4.71. The van der Waals surface area contributed by atoms with Gasteiger partial charge in [-0.1, -0.05) is 19.1 Å². The lowest BCUT2D eigenvalue weighted by Crippen LogP contribution is -2.20. The molecule has 1 N–H and O–H groups in total. The van der Waals surface area contributed by atoms with Gasteiger partial charge in [0.05, 0.1) is 6.61 Å². The predicted molar refractivity (Wildman–Crippen MR) is 78.3 cm³/mol. The fourth-order valence-electron chi connectivity index (χ4n) is 2.12. The van der Waals surface area contributed by atoms with Crippen LogP contribution in [0.25, 0.3) is 0 Å². The standard InChI is InChI=1S/C15H26N2O/c1-5-9-17(3)15-7-6-14(11-13(15)2)12-16-8-10-18-4/h6-7,11,16H,5,8-10,12H2,1-4H3. The molecule has 0 aromatic heterocycles. The van der Waals surface area contributed by atoms with E-state index in [9.17, 15) is 0 Å². The van der Waals surface area contributed by atoms with Gasteiger partial charge in [0.2, 0.25) is 0 Å². The van der Waals surface area contributed by atoms with E-state index in [1.54, 1.807) is 7.11 Å². The topological polar surface area (TPSA) is 24.5 Å². The van der Waals surface area contributed by atoms with Gasteiger partial charge in [0.15, 0.2) is 0 Å². The van der Waals surface area contributed by atoms with E-state index in [0.29, 0.717) is 0 Å². The zero-order valence-corrected chi connectivity index (χ0v) is 12.1. The summed E-state index contributed by atoms with van der Waals surface area (Å²) in [6, 6.07) is 6.69. The van der Waals surface area contributed by atoms with Crippen molar-refractivity contribution >= 4 is 5.69 Å². The fraction of sp³-hybridized carbons (Fsp3) is 0.600. The predicted octanol–water partition coefficient (Wildman–Crippen LogP) is 2.58. The molecular weight excluding hydrogens is 224 g/mol. The molecule has 0 fully saturated rings. The minimum absolute atomic E-state index is 0.760. The molecule has 0 heterocycles. The number of aryl methyl sites for hydroxylation is 1. The van der Waals surface area contributed by atoms with Crippen LogP contribution in [0.3, 0.4) is 0 Å². The van der Waals surface area contributed by atoms with Crippen LogP contribution in [0.5, 0.6) is 0 Å². The van der Waals surface area contributed by atoms with Gasteiger partial charge in [-0.2, -0.15) is 0 Å². The van der Waals surface area contributed by atoms with E-state index in [-0.39, 0.29) is 0 Å². The summed E-state index contributed by atoms with van der Waals surface area (Å²) in [7, 11) is 3.88. The van der Waals surface area contributed by atoms with Crippen LogP contribution in [0.2, 0.25) is 0 Å². The SMILES string of the molecule is CCCN(C)c1ccc(CNCCOC)cc1C. The number of methoxy groups -OCH3 is 1. The molecule has 1 rings (SSSR count). The van der Waals surface area contributed by atoms with Gasteiger partial charge < -0.3 is 15.0 Å².